The van der Waals surface area contributed by atoms with E-state index >= 15 is 0 Å². The number of aliphatic hydroxyl groups excluding tert-OH is 1. The van der Waals surface area contributed by atoms with Crippen LogP contribution in [0.3, 0.4) is 0 Å². The average Bonchev–Trinajstić information content (AvgIpc) is 2.05. The van der Waals surface area contributed by atoms with Gasteiger partial charge in [-0.25, -0.2) is 0 Å². The summed E-state index contributed by atoms with van der Waals surface area (Å²) in [6.45, 7) is 9.06. The van der Waals surface area contributed by atoms with Crippen molar-refractivity contribution in [1.82, 2.24) is 0 Å². The van der Waals surface area contributed by atoms with Crippen LogP contribution < -0.4 is 0 Å². The minimum Gasteiger partial charge on any atom is -0.397 e. The van der Waals surface area contributed by atoms with E-state index in [0.29, 0.717) is 5.41 Å². The first kappa shape index (κ1) is 10.8. The summed E-state index contributed by atoms with van der Waals surface area (Å²) in [5, 5.41) is 7.57. The Labute approximate surface area is 81.9 Å². The lowest BCUT2D eigenvalue weighted by Gasteiger charge is -2.56. The molecule has 2 bridgehead atoms. The summed E-state index contributed by atoms with van der Waals surface area (Å²) in [6, 6.07) is 0. The normalized spacial score (nSPS) is 33.8. The van der Waals surface area contributed by atoms with Crippen molar-refractivity contribution in [2.45, 2.75) is 40.5 Å². The van der Waals surface area contributed by atoms with Crippen LogP contribution in [-0.2, 0) is 0 Å². The molecular formula is C12H22O. The molecule has 76 valence electrons. The van der Waals surface area contributed by atoms with Gasteiger partial charge in [-0.15, -0.1) is 0 Å². The lowest BCUT2D eigenvalue weighted by molar-refractivity contribution is -0.00579. The van der Waals surface area contributed by atoms with Crippen molar-refractivity contribution >= 4 is 0 Å². The Hall–Kier alpha value is -0.300. The minimum absolute atomic E-state index is 0.250. The van der Waals surface area contributed by atoms with Crippen molar-refractivity contribution in [1.29, 1.82) is 0 Å². The monoisotopic (exact) mass is 182 g/mol. The molecule has 1 heteroatoms. The molecule has 3 aliphatic rings. The summed E-state index contributed by atoms with van der Waals surface area (Å²) < 4.78 is 0. The zero-order valence-corrected chi connectivity index (χ0v) is 9.30. The third-order valence-corrected chi connectivity index (χ3v) is 3.74. The number of rotatable bonds is 0. The maximum atomic E-state index is 7.57. The summed E-state index contributed by atoms with van der Waals surface area (Å²) in [5.74, 6) is 1.92. The summed E-state index contributed by atoms with van der Waals surface area (Å²) >= 11 is 0. The number of aliphatic hydroxyl groups is 1. The van der Waals surface area contributed by atoms with Crippen molar-refractivity contribution in [2.24, 2.45) is 17.3 Å². The van der Waals surface area contributed by atoms with Gasteiger partial charge < -0.3 is 5.11 Å². The van der Waals surface area contributed by atoms with Crippen molar-refractivity contribution in [3.8, 4) is 0 Å². The Balaban J connectivity index is 0.000000251. The third-order valence-electron chi connectivity index (χ3n) is 3.74. The molecule has 0 spiro atoms. The predicted octanol–water partition coefficient (Wildman–Crippen LogP) is 3.00. The van der Waals surface area contributed by atoms with Crippen LogP contribution in [0.1, 0.15) is 40.5 Å². The largest absolute Gasteiger partial charge is 0.397 e. The molecule has 1 nitrogen and oxygen atoms in total. The second kappa shape index (κ2) is 3.83. The van der Waals surface area contributed by atoms with Crippen LogP contribution in [0.15, 0.2) is 11.6 Å². The Kier molecular flexibility index (Phi) is 3.18. The third kappa shape index (κ3) is 1.80. The molecule has 2 unspecified atom stereocenters. The Morgan fingerprint density at radius 3 is 2.31 bits per heavy atom. The number of fused-ring (bicyclic) bond motifs is 1. The molecular weight excluding hydrogens is 160 g/mol. The van der Waals surface area contributed by atoms with E-state index in [1.165, 1.54) is 12.8 Å². The first-order valence-corrected chi connectivity index (χ1v) is 5.31. The van der Waals surface area contributed by atoms with Crippen LogP contribution in [-0.4, -0.2) is 11.7 Å². The highest BCUT2D eigenvalue weighted by atomic mass is 16.2. The molecule has 3 aliphatic carbocycles. The molecule has 0 amide bonds. The first-order valence-electron chi connectivity index (χ1n) is 5.31. The van der Waals surface area contributed by atoms with Crippen molar-refractivity contribution < 1.29 is 5.11 Å². The fraction of sp³-hybridized carbons (Fsp3) is 0.833. The zero-order chi connectivity index (χ0) is 10.1. The molecule has 1 saturated carbocycles. The van der Waals surface area contributed by atoms with Gasteiger partial charge >= 0.3 is 0 Å². The molecule has 0 heterocycles. The van der Waals surface area contributed by atoms with E-state index in [4.69, 9.17) is 5.11 Å². The molecule has 1 N–H and O–H groups in total. The van der Waals surface area contributed by atoms with Crippen LogP contribution in [0.2, 0.25) is 0 Å². The highest BCUT2D eigenvalue weighted by Gasteiger charge is 2.49. The Bertz CT molecular complexity index is 203. The molecule has 0 radical (unpaired) electrons. The van der Waals surface area contributed by atoms with Gasteiger partial charge in [-0.05, 0) is 43.9 Å². The van der Waals surface area contributed by atoms with Gasteiger partial charge in [-0.2, -0.15) is 0 Å². The second-order valence-electron chi connectivity index (χ2n) is 4.81. The SMILES string of the molecule is CC1=CCC2CC1C2(C)C.CCO. The molecule has 0 aromatic carbocycles. The Morgan fingerprint density at radius 1 is 1.54 bits per heavy atom. The van der Waals surface area contributed by atoms with E-state index in [2.05, 4.69) is 26.8 Å². The van der Waals surface area contributed by atoms with Gasteiger partial charge in [-0.3, -0.25) is 0 Å². The maximum absolute atomic E-state index is 7.57. The van der Waals surface area contributed by atoms with Gasteiger partial charge in [0.05, 0.1) is 0 Å². The average molecular weight is 182 g/mol. The molecule has 1 fully saturated rings. The summed E-state index contributed by atoms with van der Waals surface area (Å²) in [5.41, 5.74) is 2.28. The van der Waals surface area contributed by atoms with Crippen LogP contribution >= 0.6 is 0 Å². The van der Waals surface area contributed by atoms with Crippen LogP contribution in [0.5, 0.6) is 0 Å². The maximum Gasteiger partial charge on any atom is 0.0402 e. The van der Waals surface area contributed by atoms with Gasteiger partial charge in [0.25, 0.3) is 0 Å². The summed E-state index contributed by atoms with van der Waals surface area (Å²) in [6.07, 6.45) is 5.24. The fourth-order valence-electron chi connectivity index (χ4n) is 2.66. The van der Waals surface area contributed by atoms with E-state index in [-0.39, 0.29) is 6.61 Å². The van der Waals surface area contributed by atoms with Gasteiger partial charge in [0.15, 0.2) is 0 Å². The lowest BCUT2D eigenvalue weighted by atomic mass is 9.49. The topological polar surface area (TPSA) is 20.2 Å². The summed E-state index contributed by atoms with van der Waals surface area (Å²) in [7, 11) is 0. The van der Waals surface area contributed by atoms with Crippen molar-refractivity contribution in [2.75, 3.05) is 6.61 Å². The van der Waals surface area contributed by atoms with Crippen LogP contribution in [0.25, 0.3) is 0 Å². The molecule has 0 aliphatic heterocycles. The van der Waals surface area contributed by atoms with E-state index < -0.39 is 0 Å². The van der Waals surface area contributed by atoms with Gasteiger partial charge in [-0.1, -0.05) is 25.5 Å². The molecule has 0 saturated heterocycles. The van der Waals surface area contributed by atoms with Gasteiger partial charge in [0, 0.05) is 6.61 Å². The summed E-state index contributed by atoms with van der Waals surface area (Å²) in [4.78, 5) is 0. The molecule has 0 aromatic rings. The van der Waals surface area contributed by atoms with Crippen LogP contribution in [0.4, 0.5) is 0 Å². The minimum atomic E-state index is 0.250. The fourth-order valence-corrected chi connectivity index (χ4v) is 2.66. The predicted molar refractivity (Wildman–Crippen MR) is 56.5 cm³/mol. The zero-order valence-electron chi connectivity index (χ0n) is 9.30. The highest BCUT2D eigenvalue weighted by molar-refractivity contribution is 5.21. The van der Waals surface area contributed by atoms with Gasteiger partial charge in [0.2, 0.25) is 0 Å². The molecule has 2 atom stereocenters. The Morgan fingerprint density at radius 2 is 2.08 bits per heavy atom. The van der Waals surface area contributed by atoms with E-state index in [1.807, 2.05) is 0 Å². The van der Waals surface area contributed by atoms with Crippen molar-refractivity contribution in [3.63, 3.8) is 0 Å². The molecule has 13 heavy (non-hydrogen) atoms. The highest BCUT2D eigenvalue weighted by Crippen LogP contribution is 2.58. The second-order valence-corrected chi connectivity index (χ2v) is 4.81. The van der Waals surface area contributed by atoms with Crippen LogP contribution in [0, 0.1) is 17.3 Å². The first-order chi connectivity index (χ1) is 6.04. The van der Waals surface area contributed by atoms with E-state index in [0.717, 1.165) is 11.8 Å². The standard InChI is InChI=1S/C10H16.C2H6O/c1-7-4-5-8-6-9(7)10(8,2)3;1-2-3/h4,8-9H,5-6H2,1-3H3;3H,2H2,1H3. The molecule has 3 rings (SSSR count). The number of hydrogen-bond donors (Lipinski definition) is 1. The quantitative estimate of drug-likeness (QED) is 0.571. The van der Waals surface area contributed by atoms with E-state index in [9.17, 15) is 0 Å². The van der Waals surface area contributed by atoms with Gasteiger partial charge in [0.1, 0.15) is 0 Å². The number of allylic oxidation sites excluding steroid dienone is 2. The smallest absolute Gasteiger partial charge is 0.0402 e. The number of hydrogen-bond acceptors (Lipinski definition) is 1. The van der Waals surface area contributed by atoms with Crippen molar-refractivity contribution in [3.05, 3.63) is 11.6 Å². The van der Waals surface area contributed by atoms with E-state index in [1.54, 1.807) is 12.5 Å². The lowest BCUT2D eigenvalue weighted by Crippen LogP contribution is -2.47. The molecule has 0 aromatic heterocycles.